The number of para-hydroxylation sites is 1. The second-order valence-corrected chi connectivity index (χ2v) is 19.1. The third-order valence-electron chi connectivity index (χ3n) is 11.7. The number of aliphatic hydroxyl groups excluding tert-OH is 1. The van der Waals surface area contributed by atoms with Crippen LogP contribution in [-0.2, 0) is 58.8 Å². The van der Waals surface area contributed by atoms with Crippen LogP contribution >= 0.6 is 11.3 Å². The van der Waals surface area contributed by atoms with Gasteiger partial charge in [-0.25, -0.2) is 33.8 Å². The number of benzene rings is 5. The minimum atomic E-state index is -1.37. The van der Waals surface area contributed by atoms with Crippen molar-refractivity contribution < 1.29 is 86.0 Å². The topological polar surface area (TPSA) is 261 Å². The number of esters is 6. The Bertz CT molecular complexity index is 3180. The van der Waals surface area contributed by atoms with E-state index in [0.29, 0.717) is 66.7 Å². The lowest BCUT2D eigenvalue weighted by molar-refractivity contribution is -0.148. The first-order valence-electron chi connectivity index (χ1n) is 26.8. The summed E-state index contributed by atoms with van der Waals surface area (Å²) in [7, 11) is 0. The molecule has 0 aliphatic rings. The molecule has 1 heterocycles. The molecule has 446 valence electrons. The fraction of sp³-hybridized carbons (Fsp3) is 0.270. The van der Waals surface area contributed by atoms with Gasteiger partial charge in [-0.1, -0.05) is 55.9 Å². The highest BCUT2D eigenvalue weighted by Gasteiger charge is 2.19. The first kappa shape index (κ1) is 64.7. The molecule has 85 heavy (non-hydrogen) atoms. The van der Waals surface area contributed by atoms with Crippen LogP contribution in [0.25, 0.3) is 10.2 Å². The minimum absolute atomic E-state index is 0.00293. The number of aliphatic hydroxyl groups is 1. The molecule has 0 amide bonds. The van der Waals surface area contributed by atoms with Crippen molar-refractivity contribution in [1.82, 2.24) is 4.98 Å². The van der Waals surface area contributed by atoms with Crippen molar-refractivity contribution in [2.45, 2.75) is 50.6 Å². The molecular formula is C63H65N3O18S. The highest BCUT2D eigenvalue weighted by atomic mass is 32.1. The van der Waals surface area contributed by atoms with E-state index in [1.165, 1.54) is 53.9 Å². The van der Waals surface area contributed by atoms with Gasteiger partial charge in [0.25, 0.3) is 0 Å². The van der Waals surface area contributed by atoms with Gasteiger partial charge in [0.1, 0.15) is 36.2 Å². The third kappa shape index (κ3) is 23.0. The molecule has 2 N–H and O–H groups in total. The van der Waals surface area contributed by atoms with Gasteiger partial charge in [-0.2, -0.15) is 5.10 Å². The van der Waals surface area contributed by atoms with Crippen molar-refractivity contribution >= 4 is 68.7 Å². The van der Waals surface area contributed by atoms with Crippen LogP contribution in [0.15, 0.2) is 171 Å². The van der Waals surface area contributed by atoms with Gasteiger partial charge in [0.05, 0.1) is 60.6 Å². The molecular weight excluding hydrogens is 1120 g/mol. The Morgan fingerprint density at radius 2 is 1.11 bits per heavy atom. The fourth-order valence-corrected chi connectivity index (χ4v) is 8.17. The largest absolute Gasteiger partial charge is 0.490 e. The molecule has 1 aromatic heterocycles. The number of aromatic nitrogens is 1. The lowest BCUT2D eigenvalue weighted by Gasteiger charge is -2.18. The van der Waals surface area contributed by atoms with Gasteiger partial charge in [0.15, 0.2) is 12.2 Å². The van der Waals surface area contributed by atoms with Crippen molar-refractivity contribution in [1.29, 1.82) is 0 Å². The summed E-state index contributed by atoms with van der Waals surface area (Å²) in [6.45, 7) is 14.7. The molecule has 5 aromatic carbocycles. The van der Waals surface area contributed by atoms with Crippen LogP contribution in [0.2, 0.25) is 0 Å². The standard InChI is InChI=1S/C63H65N3O18S/c1-5-56(67)76-34-13-11-32-74-39-51(81-58(69)7-3)41-79-48-24-18-45(19-25-48)61(72)83-50-28-22-44(23-29-50)60(71)78-36-31-43-17-30-54(47(37-43)38-64-66-63-65-53-15-9-10-16-55(53)85-63)84-62(73)46-20-26-49(27-21-46)80-42-52(82-59(70)8-4)40-75-33-12-14-35-77-57(68)6-2/h5-10,15-30,37-38,51-52,61,72H,1-4,11-14,31-36,39-42H2,(H,65,66)/b64-38+. The molecule has 3 atom stereocenters. The van der Waals surface area contributed by atoms with E-state index in [1.807, 2.05) is 24.3 Å². The number of carbonyl (C=O) groups excluding carboxylic acids is 6. The first-order valence-corrected chi connectivity index (χ1v) is 27.6. The van der Waals surface area contributed by atoms with E-state index in [9.17, 15) is 33.9 Å². The summed E-state index contributed by atoms with van der Waals surface area (Å²) >= 11 is 1.42. The van der Waals surface area contributed by atoms with Crippen LogP contribution in [0.5, 0.6) is 23.0 Å². The smallest absolute Gasteiger partial charge is 0.343 e. The van der Waals surface area contributed by atoms with Gasteiger partial charge in [-0.3, -0.25) is 5.43 Å². The second-order valence-electron chi connectivity index (χ2n) is 18.0. The zero-order chi connectivity index (χ0) is 60.6. The number of rotatable bonds is 38. The number of hydrogen-bond donors (Lipinski definition) is 2. The van der Waals surface area contributed by atoms with Gasteiger partial charge in [-0.15, -0.1) is 0 Å². The quantitative estimate of drug-likeness (QED) is 0.00534. The SMILES string of the molecule is C=CC(=O)OCCCCOCC(COc1ccc(C(=O)Oc2ccc(CCOC(=O)c3ccc(OC(O)c4ccc(OCC(COCCCCOC(=O)C=C)OC(=O)C=C)cc4)cc3)cc2/C=N/Nc2nc3ccccc3s2)cc1)OC(=O)C=C. The van der Waals surface area contributed by atoms with Crippen molar-refractivity contribution in [3.63, 3.8) is 0 Å². The molecule has 6 aromatic rings. The van der Waals surface area contributed by atoms with Gasteiger partial charge >= 0.3 is 35.8 Å². The lowest BCUT2D eigenvalue weighted by atomic mass is 10.1. The van der Waals surface area contributed by atoms with Gasteiger partial charge < -0.3 is 57.2 Å². The molecule has 0 spiro atoms. The summed E-state index contributed by atoms with van der Waals surface area (Å²) in [4.78, 5) is 77.6. The van der Waals surface area contributed by atoms with Crippen LogP contribution in [0, 0.1) is 0 Å². The van der Waals surface area contributed by atoms with E-state index in [1.54, 1.807) is 54.6 Å². The van der Waals surface area contributed by atoms with Crippen LogP contribution in [0.4, 0.5) is 5.13 Å². The summed E-state index contributed by atoms with van der Waals surface area (Å²) in [5, 5.41) is 15.8. The molecule has 0 fully saturated rings. The summed E-state index contributed by atoms with van der Waals surface area (Å²) in [5.41, 5.74) is 5.78. The Labute approximate surface area is 495 Å². The molecule has 0 aliphatic carbocycles. The Balaban J connectivity index is 0.990. The number of nitrogens with zero attached hydrogens (tertiary/aromatic N) is 2. The van der Waals surface area contributed by atoms with E-state index in [2.05, 4.69) is 41.8 Å². The van der Waals surface area contributed by atoms with Crippen LogP contribution in [0.1, 0.15) is 69.4 Å². The average molecular weight is 1180 g/mol. The summed E-state index contributed by atoms with van der Waals surface area (Å²) in [5.74, 6) is -2.28. The summed E-state index contributed by atoms with van der Waals surface area (Å²) in [6, 6.07) is 31.5. The number of thiazole rings is 1. The van der Waals surface area contributed by atoms with Crippen molar-refractivity contribution in [3.05, 3.63) is 194 Å². The highest BCUT2D eigenvalue weighted by molar-refractivity contribution is 7.22. The molecule has 0 radical (unpaired) electrons. The molecule has 6 rings (SSSR count). The monoisotopic (exact) mass is 1180 g/mol. The number of ether oxygens (including phenoxy) is 11. The third-order valence-corrected chi connectivity index (χ3v) is 12.7. The summed E-state index contributed by atoms with van der Waals surface area (Å²) in [6.07, 6.45) is 5.51. The normalized spacial score (nSPS) is 11.9. The number of unbranched alkanes of at least 4 members (excludes halogenated alkanes) is 2. The van der Waals surface area contributed by atoms with Crippen molar-refractivity contribution in [3.8, 4) is 23.0 Å². The van der Waals surface area contributed by atoms with E-state index in [0.717, 1.165) is 40.1 Å². The van der Waals surface area contributed by atoms with E-state index in [4.69, 9.17) is 52.1 Å². The van der Waals surface area contributed by atoms with E-state index >= 15 is 0 Å². The maximum Gasteiger partial charge on any atom is 0.343 e. The molecule has 21 nitrogen and oxygen atoms in total. The number of anilines is 1. The van der Waals surface area contributed by atoms with Gasteiger partial charge in [0, 0.05) is 55.1 Å². The predicted molar refractivity (Wildman–Crippen MR) is 315 cm³/mol. The average Bonchev–Trinajstić information content (AvgIpc) is 4.24. The zero-order valence-corrected chi connectivity index (χ0v) is 47.3. The zero-order valence-electron chi connectivity index (χ0n) is 46.5. The Hall–Kier alpha value is -9.48. The molecule has 0 saturated carbocycles. The van der Waals surface area contributed by atoms with Crippen LogP contribution in [0.3, 0.4) is 0 Å². The molecule has 0 saturated heterocycles. The number of carbonyl (C=O) groups is 6. The molecule has 0 bridgehead atoms. The number of fused-ring (bicyclic) bond motifs is 1. The highest BCUT2D eigenvalue weighted by Crippen LogP contribution is 2.27. The number of hydrogen-bond acceptors (Lipinski definition) is 22. The fourth-order valence-electron chi connectivity index (χ4n) is 7.35. The van der Waals surface area contributed by atoms with E-state index in [-0.39, 0.29) is 75.3 Å². The minimum Gasteiger partial charge on any atom is -0.490 e. The second kappa shape index (κ2) is 35.5. The number of hydrazone groups is 1. The maximum absolute atomic E-state index is 13.5. The van der Waals surface area contributed by atoms with Crippen molar-refractivity contribution in [2.75, 3.05) is 64.9 Å². The number of nitrogens with one attached hydrogen (secondary N) is 1. The Morgan fingerprint density at radius 3 is 1.67 bits per heavy atom. The molecule has 22 heteroatoms. The lowest BCUT2D eigenvalue weighted by Crippen LogP contribution is -2.29. The Morgan fingerprint density at radius 1 is 0.576 bits per heavy atom. The maximum atomic E-state index is 13.5. The Kier molecular flexibility index (Phi) is 27.0. The van der Waals surface area contributed by atoms with Crippen LogP contribution in [-0.4, -0.2) is 124 Å². The molecule has 0 aliphatic heterocycles. The van der Waals surface area contributed by atoms with Gasteiger partial charge in [0.2, 0.25) is 11.4 Å². The van der Waals surface area contributed by atoms with Crippen molar-refractivity contribution in [2.24, 2.45) is 5.10 Å². The van der Waals surface area contributed by atoms with Gasteiger partial charge in [-0.05, 0) is 128 Å². The first-order chi connectivity index (χ1) is 41.3. The molecule has 3 unspecified atom stereocenters. The summed E-state index contributed by atoms with van der Waals surface area (Å²) < 4.78 is 61.8. The predicted octanol–water partition coefficient (Wildman–Crippen LogP) is 9.44. The van der Waals surface area contributed by atoms with Crippen LogP contribution < -0.4 is 24.4 Å². The van der Waals surface area contributed by atoms with E-state index < -0.39 is 54.3 Å².